The average Bonchev–Trinajstić information content (AvgIpc) is 2.96. The van der Waals surface area contributed by atoms with Crippen LogP contribution < -0.4 is 4.74 Å². The van der Waals surface area contributed by atoms with E-state index >= 15 is 0 Å². The topological polar surface area (TPSA) is 61.0 Å². The van der Waals surface area contributed by atoms with Crippen LogP contribution in [0.25, 0.3) is 11.5 Å². The predicted molar refractivity (Wildman–Crippen MR) is 78.3 cm³/mol. The van der Waals surface area contributed by atoms with E-state index in [4.69, 9.17) is 32.4 Å². The Bertz CT molecular complexity index is 747. The summed E-state index contributed by atoms with van der Waals surface area (Å²) in [5.41, 5.74) is 0.799. The number of nitrogens with zero attached hydrogens (tertiary/aromatic N) is 3. The molecule has 0 bridgehead atoms. The lowest BCUT2D eigenvalue weighted by Crippen LogP contribution is -1.96. The van der Waals surface area contributed by atoms with Crippen LogP contribution in [0.1, 0.15) is 5.89 Å². The molecule has 1 aromatic carbocycles. The molecule has 0 radical (unpaired) electrons. The van der Waals surface area contributed by atoms with Crippen molar-refractivity contribution in [1.82, 2.24) is 15.2 Å². The van der Waals surface area contributed by atoms with E-state index in [9.17, 15) is 0 Å². The molecule has 2 aromatic heterocycles. The Hall–Kier alpha value is -2.11. The minimum Gasteiger partial charge on any atom is -0.482 e. The zero-order valence-corrected chi connectivity index (χ0v) is 12.2. The van der Waals surface area contributed by atoms with Crippen LogP contribution in [0, 0.1) is 0 Å². The van der Waals surface area contributed by atoms with Crippen LogP contribution in [-0.2, 0) is 6.61 Å². The molecule has 0 saturated carbocycles. The van der Waals surface area contributed by atoms with Crippen molar-refractivity contribution < 1.29 is 9.15 Å². The monoisotopic (exact) mass is 321 g/mol. The number of hydrogen-bond acceptors (Lipinski definition) is 5. The van der Waals surface area contributed by atoms with Gasteiger partial charge in [-0.05, 0) is 30.3 Å². The molecule has 0 aliphatic carbocycles. The zero-order chi connectivity index (χ0) is 14.7. The molecule has 2 heterocycles. The highest BCUT2D eigenvalue weighted by Gasteiger charge is 2.10. The lowest BCUT2D eigenvalue weighted by Gasteiger charge is -2.05. The van der Waals surface area contributed by atoms with Crippen LogP contribution in [0.15, 0.2) is 47.1 Å². The van der Waals surface area contributed by atoms with Crippen LogP contribution in [0.2, 0.25) is 10.0 Å². The molecule has 0 N–H and O–H groups in total. The summed E-state index contributed by atoms with van der Waals surface area (Å²) in [6, 6.07) is 8.56. The van der Waals surface area contributed by atoms with E-state index < -0.39 is 0 Å². The first-order valence-electron chi connectivity index (χ1n) is 6.03. The number of ether oxygens (including phenoxy) is 1. The van der Waals surface area contributed by atoms with Crippen LogP contribution in [0.5, 0.6) is 5.75 Å². The molecule has 21 heavy (non-hydrogen) atoms. The van der Waals surface area contributed by atoms with Gasteiger partial charge in [0, 0.05) is 23.0 Å². The summed E-state index contributed by atoms with van der Waals surface area (Å²) in [6.45, 7) is 0.124. The Kier molecular flexibility index (Phi) is 4.03. The van der Waals surface area contributed by atoms with Gasteiger partial charge in [-0.2, -0.15) is 0 Å². The SMILES string of the molecule is Clc1ccc(OCc2nnc(-c3ccncc3)o2)c(Cl)c1. The fraction of sp³-hybridized carbons (Fsp3) is 0.0714. The quantitative estimate of drug-likeness (QED) is 0.726. The minimum atomic E-state index is 0.124. The molecule has 0 unspecified atom stereocenters. The highest BCUT2D eigenvalue weighted by Crippen LogP contribution is 2.28. The molecule has 0 amide bonds. The maximum absolute atomic E-state index is 6.01. The molecule has 0 atom stereocenters. The highest BCUT2D eigenvalue weighted by molar-refractivity contribution is 6.35. The Morgan fingerprint density at radius 3 is 2.62 bits per heavy atom. The van der Waals surface area contributed by atoms with Gasteiger partial charge in [0.1, 0.15) is 5.75 Å². The number of aromatic nitrogens is 3. The number of benzene rings is 1. The normalized spacial score (nSPS) is 10.6. The van der Waals surface area contributed by atoms with Gasteiger partial charge in [-0.25, -0.2) is 0 Å². The standard InChI is InChI=1S/C14H9Cl2N3O2/c15-10-1-2-12(11(16)7-10)20-8-13-18-19-14(21-13)9-3-5-17-6-4-9/h1-7H,8H2. The Labute approximate surface area is 130 Å². The van der Waals surface area contributed by atoms with Crippen molar-refractivity contribution in [2.24, 2.45) is 0 Å². The summed E-state index contributed by atoms with van der Waals surface area (Å²) in [7, 11) is 0. The molecule has 0 aliphatic rings. The third-order valence-electron chi connectivity index (χ3n) is 2.64. The van der Waals surface area contributed by atoms with E-state index in [0.717, 1.165) is 5.56 Å². The summed E-state index contributed by atoms with van der Waals surface area (Å²) < 4.78 is 11.0. The Morgan fingerprint density at radius 1 is 1.05 bits per heavy atom. The maximum Gasteiger partial charge on any atom is 0.254 e. The average molecular weight is 322 g/mol. The lowest BCUT2D eigenvalue weighted by atomic mass is 10.3. The van der Waals surface area contributed by atoms with Crippen molar-refractivity contribution in [3.05, 3.63) is 58.7 Å². The third kappa shape index (κ3) is 3.32. The second kappa shape index (κ2) is 6.11. The minimum absolute atomic E-state index is 0.124. The van der Waals surface area contributed by atoms with Crippen LogP contribution in [0.3, 0.4) is 0 Å². The van der Waals surface area contributed by atoms with Crippen LogP contribution >= 0.6 is 23.2 Å². The third-order valence-corrected chi connectivity index (χ3v) is 3.17. The largest absolute Gasteiger partial charge is 0.482 e. The van der Waals surface area contributed by atoms with Crippen molar-refractivity contribution in [2.45, 2.75) is 6.61 Å². The van der Waals surface area contributed by atoms with Crippen LogP contribution in [-0.4, -0.2) is 15.2 Å². The number of rotatable bonds is 4. The van der Waals surface area contributed by atoms with E-state index in [2.05, 4.69) is 15.2 Å². The van der Waals surface area contributed by atoms with E-state index in [1.807, 2.05) is 0 Å². The molecule has 3 rings (SSSR count). The van der Waals surface area contributed by atoms with Gasteiger partial charge in [0.25, 0.3) is 5.89 Å². The van der Waals surface area contributed by atoms with Crippen molar-refractivity contribution in [2.75, 3.05) is 0 Å². The van der Waals surface area contributed by atoms with Crippen LogP contribution in [0.4, 0.5) is 0 Å². The van der Waals surface area contributed by atoms with Gasteiger partial charge >= 0.3 is 0 Å². The second-order valence-corrected chi connectivity index (χ2v) is 4.94. The molecule has 7 heteroatoms. The van der Waals surface area contributed by atoms with E-state index in [0.29, 0.717) is 27.6 Å². The van der Waals surface area contributed by atoms with Gasteiger partial charge in [-0.1, -0.05) is 23.2 Å². The highest BCUT2D eigenvalue weighted by atomic mass is 35.5. The van der Waals surface area contributed by atoms with Crippen molar-refractivity contribution >= 4 is 23.2 Å². The zero-order valence-electron chi connectivity index (χ0n) is 10.7. The van der Waals surface area contributed by atoms with Gasteiger partial charge in [-0.15, -0.1) is 10.2 Å². The van der Waals surface area contributed by atoms with E-state index in [1.165, 1.54) is 0 Å². The molecule has 0 fully saturated rings. The summed E-state index contributed by atoms with van der Waals surface area (Å²) >= 11 is 11.8. The number of hydrogen-bond donors (Lipinski definition) is 0. The first-order chi connectivity index (χ1) is 10.2. The van der Waals surface area contributed by atoms with Gasteiger partial charge in [-0.3, -0.25) is 4.98 Å². The van der Waals surface area contributed by atoms with E-state index in [1.54, 1.807) is 42.7 Å². The van der Waals surface area contributed by atoms with Crippen molar-refractivity contribution in [3.63, 3.8) is 0 Å². The molecule has 3 aromatic rings. The van der Waals surface area contributed by atoms with Gasteiger partial charge in [0.15, 0.2) is 6.61 Å². The molecular weight excluding hydrogens is 313 g/mol. The van der Waals surface area contributed by atoms with Gasteiger partial charge in [0.2, 0.25) is 5.89 Å². The number of pyridine rings is 1. The first kappa shape index (κ1) is 13.9. The summed E-state index contributed by atoms with van der Waals surface area (Å²) in [6.07, 6.45) is 3.31. The predicted octanol–water partition coefficient (Wildman–Crippen LogP) is 4.02. The molecule has 0 spiro atoms. The molecular formula is C14H9Cl2N3O2. The first-order valence-corrected chi connectivity index (χ1v) is 6.78. The Morgan fingerprint density at radius 2 is 1.86 bits per heavy atom. The molecule has 0 aliphatic heterocycles. The van der Waals surface area contributed by atoms with E-state index in [-0.39, 0.29) is 6.61 Å². The summed E-state index contributed by atoms with van der Waals surface area (Å²) in [4.78, 5) is 3.93. The van der Waals surface area contributed by atoms with Gasteiger partial charge in [0.05, 0.1) is 5.02 Å². The second-order valence-electron chi connectivity index (χ2n) is 4.10. The summed E-state index contributed by atoms with van der Waals surface area (Å²) in [5.74, 6) is 1.27. The lowest BCUT2D eigenvalue weighted by molar-refractivity contribution is 0.264. The Balaban J connectivity index is 1.70. The summed E-state index contributed by atoms with van der Waals surface area (Å²) in [5, 5.41) is 8.85. The maximum atomic E-state index is 6.01. The smallest absolute Gasteiger partial charge is 0.254 e. The fourth-order valence-electron chi connectivity index (χ4n) is 1.65. The van der Waals surface area contributed by atoms with Gasteiger partial charge < -0.3 is 9.15 Å². The molecule has 0 saturated heterocycles. The fourth-order valence-corrected chi connectivity index (χ4v) is 2.12. The number of halogens is 2. The van der Waals surface area contributed by atoms with Crippen molar-refractivity contribution in [3.8, 4) is 17.2 Å². The van der Waals surface area contributed by atoms with Crippen molar-refractivity contribution in [1.29, 1.82) is 0 Å². The molecule has 5 nitrogen and oxygen atoms in total. The molecule has 106 valence electrons.